The van der Waals surface area contributed by atoms with Gasteiger partial charge in [-0.25, -0.2) is 8.78 Å². The van der Waals surface area contributed by atoms with Crippen LogP contribution in [0.5, 0.6) is 5.75 Å². The summed E-state index contributed by atoms with van der Waals surface area (Å²) in [5, 5.41) is 11.5. The average Bonchev–Trinajstić information content (AvgIpc) is 2.55. The first-order chi connectivity index (χ1) is 10.9. The Morgan fingerprint density at radius 2 is 1.83 bits per heavy atom. The van der Waals surface area contributed by atoms with Gasteiger partial charge in [0.2, 0.25) is 5.82 Å². The third-order valence-electron chi connectivity index (χ3n) is 3.18. The molecule has 0 saturated heterocycles. The molecular formula is C16H14F3NO2S. The maximum absolute atomic E-state index is 13.7. The number of aryl methyl sites for hydroxylation is 1. The molecule has 0 aromatic heterocycles. The second kappa shape index (κ2) is 7.41. The summed E-state index contributed by atoms with van der Waals surface area (Å²) in [5.74, 6) is -6.25. The molecule has 0 aliphatic carbocycles. The molecule has 0 spiro atoms. The molecular weight excluding hydrogens is 327 g/mol. The number of amides is 1. The highest BCUT2D eigenvalue weighted by Gasteiger charge is 2.22. The van der Waals surface area contributed by atoms with Crippen molar-refractivity contribution in [3.8, 4) is 5.75 Å². The van der Waals surface area contributed by atoms with Crippen LogP contribution in [0.3, 0.4) is 0 Å². The van der Waals surface area contributed by atoms with Crippen molar-refractivity contribution in [2.45, 2.75) is 6.42 Å². The van der Waals surface area contributed by atoms with Gasteiger partial charge in [-0.1, -0.05) is 12.1 Å². The van der Waals surface area contributed by atoms with E-state index in [0.29, 0.717) is 11.8 Å². The topological polar surface area (TPSA) is 49.3 Å². The van der Waals surface area contributed by atoms with E-state index in [4.69, 9.17) is 5.11 Å². The van der Waals surface area contributed by atoms with Gasteiger partial charge in [0.1, 0.15) is 0 Å². The predicted octanol–water partition coefficient (Wildman–Crippen LogP) is 3.97. The molecule has 0 radical (unpaired) electrons. The number of aromatic hydroxyl groups is 1. The number of benzene rings is 2. The Labute approximate surface area is 135 Å². The zero-order valence-corrected chi connectivity index (χ0v) is 13.0. The predicted molar refractivity (Wildman–Crippen MR) is 84.5 cm³/mol. The van der Waals surface area contributed by atoms with Gasteiger partial charge in [0.15, 0.2) is 17.4 Å². The lowest BCUT2D eigenvalue weighted by Gasteiger charge is -2.09. The van der Waals surface area contributed by atoms with Crippen LogP contribution < -0.4 is 5.32 Å². The molecule has 23 heavy (non-hydrogen) atoms. The van der Waals surface area contributed by atoms with E-state index in [2.05, 4.69) is 5.32 Å². The summed E-state index contributed by atoms with van der Waals surface area (Å²) < 4.78 is 39.9. The van der Waals surface area contributed by atoms with Crippen molar-refractivity contribution in [2.75, 3.05) is 17.3 Å². The lowest BCUT2D eigenvalue weighted by atomic mass is 10.1. The number of nitrogens with one attached hydrogen (secondary N) is 1. The highest BCUT2D eigenvalue weighted by Crippen LogP contribution is 2.26. The first-order valence-corrected chi connectivity index (χ1v) is 8.09. The Balaban J connectivity index is 2.16. The molecule has 0 atom stereocenters. The largest absolute Gasteiger partial charge is 0.503 e. The molecule has 0 aliphatic rings. The van der Waals surface area contributed by atoms with Crippen LogP contribution in [0.25, 0.3) is 0 Å². The van der Waals surface area contributed by atoms with Crippen molar-refractivity contribution >= 4 is 23.4 Å². The van der Waals surface area contributed by atoms with Crippen LogP contribution >= 0.6 is 11.8 Å². The highest BCUT2D eigenvalue weighted by atomic mass is 32.2. The Morgan fingerprint density at radius 1 is 1.17 bits per heavy atom. The van der Waals surface area contributed by atoms with Crippen LogP contribution in [0.2, 0.25) is 0 Å². The van der Waals surface area contributed by atoms with Gasteiger partial charge in [0.05, 0.1) is 5.56 Å². The number of carbonyl (C=O) groups is 1. The number of thioether (sulfide) groups is 1. The SMILES string of the molecule is CSCCc1ccc(NC(=O)c2cc(F)c(F)c(O)c2F)cc1. The molecule has 0 unspecified atom stereocenters. The molecule has 2 N–H and O–H groups in total. The van der Waals surface area contributed by atoms with Crippen LogP contribution in [0.1, 0.15) is 15.9 Å². The quantitative estimate of drug-likeness (QED) is 0.809. The number of hydrogen-bond donors (Lipinski definition) is 2. The lowest BCUT2D eigenvalue weighted by Crippen LogP contribution is -2.15. The molecule has 0 aliphatic heterocycles. The first kappa shape index (κ1) is 17.2. The van der Waals surface area contributed by atoms with Crippen molar-refractivity contribution in [1.29, 1.82) is 0 Å². The molecule has 0 saturated carbocycles. The minimum absolute atomic E-state index is 0.381. The molecule has 0 heterocycles. The highest BCUT2D eigenvalue weighted by molar-refractivity contribution is 7.98. The number of rotatable bonds is 5. The first-order valence-electron chi connectivity index (χ1n) is 6.69. The number of carbonyl (C=O) groups excluding carboxylic acids is 1. The third kappa shape index (κ3) is 3.98. The normalized spacial score (nSPS) is 10.6. The standard InChI is InChI=1S/C16H14F3NO2S/c1-23-7-6-9-2-4-10(5-3-9)20-16(22)11-8-12(17)14(19)15(21)13(11)18/h2-5,8,21H,6-7H2,1H3,(H,20,22). The third-order valence-corrected chi connectivity index (χ3v) is 3.80. The van der Waals surface area contributed by atoms with Crippen molar-refractivity contribution < 1.29 is 23.1 Å². The van der Waals surface area contributed by atoms with Gasteiger partial charge < -0.3 is 10.4 Å². The number of halogens is 3. The molecule has 2 aromatic rings. The molecule has 0 bridgehead atoms. The Bertz CT molecular complexity index is 720. The van der Waals surface area contributed by atoms with Crippen molar-refractivity contribution in [2.24, 2.45) is 0 Å². The minimum atomic E-state index is -1.72. The Kier molecular flexibility index (Phi) is 5.54. The van der Waals surface area contributed by atoms with Gasteiger partial charge in [-0.3, -0.25) is 4.79 Å². The Hall–Kier alpha value is -2.15. The minimum Gasteiger partial charge on any atom is -0.503 e. The van der Waals surface area contributed by atoms with Gasteiger partial charge in [-0.2, -0.15) is 16.2 Å². The van der Waals surface area contributed by atoms with Crippen LogP contribution in [-0.4, -0.2) is 23.0 Å². The van der Waals surface area contributed by atoms with Gasteiger partial charge in [-0.15, -0.1) is 0 Å². The van der Waals surface area contributed by atoms with Crippen molar-refractivity contribution in [3.05, 3.63) is 58.9 Å². The van der Waals surface area contributed by atoms with E-state index in [9.17, 15) is 18.0 Å². The number of hydrogen-bond acceptors (Lipinski definition) is 3. The summed E-state index contributed by atoms with van der Waals surface area (Å²) in [5.41, 5.74) is 0.688. The van der Waals surface area contributed by atoms with Crippen LogP contribution in [0.4, 0.5) is 18.9 Å². The van der Waals surface area contributed by atoms with E-state index in [-0.39, 0.29) is 0 Å². The van der Waals surface area contributed by atoms with Crippen molar-refractivity contribution in [3.63, 3.8) is 0 Å². The number of anilines is 1. The fraction of sp³-hybridized carbons (Fsp3) is 0.188. The summed E-state index contributed by atoms with van der Waals surface area (Å²) in [6, 6.07) is 7.29. The average molecular weight is 341 g/mol. The van der Waals surface area contributed by atoms with Gasteiger partial charge in [0.25, 0.3) is 5.91 Å². The lowest BCUT2D eigenvalue weighted by molar-refractivity contribution is 0.102. The summed E-state index contributed by atoms with van der Waals surface area (Å²) in [6.07, 6.45) is 2.88. The Morgan fingerprint density at radius 3 is 2.43 bits per heavy atom. The fourth-order valence-corrected chi connectivity index (χ4v) is 2.37. The number of phenolic OH excluding ortho intramolecular Hbond substituents is 1. The maximum atomic E-state index is 13.7. The zero-order valence-electron chi connectivity index (χ0n) is 12.2. The van der Waals surface area contributed by atoms with Crippen LogP contribution in [0, 0.1) is 17.5 Å². The molecule has 7 heteroatoms. The number of phenols is 1. The molecule has 3 nitrogen and oxygen atoms in total. The van der Waals surface area contributed by atoms with Crippen molar-refractivity contribution in [1.82, 2.24) is 0 Å². The van der Waals surface area contributed by atoms with E-state index in [1.807, 2.05) is 18.4 Å². The second-order valence-corrected chi connectivity index (χ2v) is 5.76. The fourth-order valence-electron chi connectivity index (χ4n) is 1.93. The summed E-state index contributed by atoms with van der Waals surface area (Å²) >= 11 is 1.71. The van der Waals surface area contributed by atoms with Crippen LogP contribution in [-0.2, 0) is 6.42 Å². The van der Waals surface area contributed by atoms with E-state index in [0.717, 1.165) is 17.7 Å². The van der Waals surface area contributed by atoms with Gasteiger partial charge >= 0.3 is 0 Å². The van der Waals surface area contributed by atoms with Gasteiger partial charge in [-0.05, 0) is 42.2 Å². The van der Waals surface area contributed by atoms with E-state index < -0.39 is 34.7 Å². The summed E-state index contributed by atoms with van der Waals surface area (Å²) in [4.78, 5) is 12.0. The monoisotopic (exact) mass is 341 g/mol. The van der Waals surface area contributed by atoms with E-state index >= 15 is 0 Å². The van der Waals surface area contributed by atoms with E-state index in [1.54, 1.807) is 23.9 Å². The molecule has 1 amide bonds. The van der Waals surface area contributed by atoms with E-state index in [1.165, 1.54) is 0 Å². The molecule has 2 aromatic carbocycles. The van der Waals surface area contributed by atoms with Crippen LogP contribution in [0.15, 0.2) is 30.3 Å². The summed E-state index contributed by atoms with van der Waals surface area (Å²) in [6.45, 7) is 0. The zero-order chi connectivity index (χ0) is 17.0. The second-order valence-electron chi connectivity index (χ2n) is 4.78. The molecule has 2 rings (SSSR count). The molecule has 122 valence electrons. The van der Waals surface area contributed by atoms with Gasteiger partial charge in [0, 0.05) is 5.69 Å². The maximum Gasteiger partial charge on any atom is 0.258 e. The molecule has 0 fully saturated rings. The smallest absolute Gasteiger partial charge is 0.258 e. The summed E-state index contributed by atoms with van der Waals surface area (Å²) in [7, 11) is 0.